The minimum atomic E-state index is -0.104. The average Bonchev–Trinajstić information content (AvgIpc) is 2.48. The average molecular weight is 292 g/mol. The van der Waals surface area contributed by atoms with Gasteiger partial charge in [-0.05, 0) is 30.9 Å². The minimum absolute atomic E-state index is 0.104. The van der Waals surface area contributed by atoms with Crippen LogP contribution in [0.2, 0.25) is 0 Å². The molecule has 0 unspecified atom stereocenters. The van der Waals surface area contributed by atoms with Crippen LogP contribution < -0.4 is 9.80 Å². The topological polar surface area (TPSA) is 8.88 Å². The van der Waals surface area contributed by atoms with Crippen LogP contribution in [-0.2, 0) is 6.54 Å². The van der Waals surface area contributed by atoms with Crippen LogP contribution in [0.4, 0.5) is 4.39 Å². The van der Waals surface area contributed by atoms with Gasteiger partial charge in [0.25, 0.3) is 0 Å². The van der Waals surface area contributed by atoms with E-state index in [0.29, 0.717) is 0 Å². The molecule has 1 aromatic carbocycles. The van der Waals surface area contributed by atoms with Crippen LogP contribution in [0.15, 0.2) is 24.3 Å². The summed E-state index contributed by atoms with van der Waals surface area (Å²) in [5.41, 5.74) is 1.14. The monoisotopic (exact) mass is 292 g/mol. The Labute approximate surface area is 127 Å². The van der Waals surface area contributed by atoms with Crippen molar-refractivity contribution in [1.29, 1.82) is 0 Å². The van der Waals surface area contributed by atoms with E-state index in [1.165, 1.54) is 57.9 Å². The molecule has 1 aliphatic heterocycles. The van der Waals surface area contributed by atoms with Crippen molar-refractivity contribution < 1.29 is 14.2 Å². The molecule has 2 fully saturated rings. The molecule has 0 bridgehead atoms. The normalized spacial score (nSPS) is 33.8. The van der Waals surface area contributed by atoms with Crippen molar-refractivity contribution in [3.63, 3.8) is 0 Å². The van der Waals surface area contributed by atoms with E-state index in [1.54, 1.807) is 11.0 Å². The molecule has 1 aliphatic carbocycles. The third-order valence-electron chi connectivity index (χ3n) is 5.46. The Hall–Kier alpha value is -0.930. The minimum Gasteiger partial charge on any atom is -0.323 e. The van der Waals surface area contributed by atoms with E-state index in [-0.39, 0.29) is 5.82 Å². The lowest BCUT2D eigenvalue weighted by Crippen LogP contribution is -3.29. The molecule has 0 amide bonds. The number of hydrogen-bond acceptors (Lipinski definition) is 0. The van der Waals surface area contributed by atoms with Crippen molar-refractivity contribution in [1.82, 2.24) is 0 Å². The molecule has 1 aromatic rings. The first-order valence-corrected chi connectivity index (χ1v) is 8.63. The van der Waals surface area contributed by atoms with Gasteiger partial charge in [-0.3, -0.25) is 0 Å². The highest BCUT2D eigenvalue weighted by Crippen LogP contribution is 2.21. The van der Waals surface area contributed by atoms with Gasteiger partial charge in [0.2, 0.25) is 0 Å². The number of halogens is 1. The quantitative estimate of drug-likeness (QED) is 0.811. The highest BCUT2D eigenvalue weighted by molar-refractivity contribution is 5.14. The summed E-state index contributed by atoms with van der Waals surface area (Å²) in [5.74, 6) is 0.821. The predicted octanol–water partition coefficient (Wildman–Crippen LogP) is 0.688. The molecule has 2 N–H and O–H groups in total. The molecule has 2 nitrogen and oxygen atoms in total. The van der Waals surface area contributed by atoms with Crippen LogP contribution in [0, 0.1) is 11.7 Å². The molecular formula is C18H29FN2+2. The molecular weight excluding hydrogens is 263 g/mol. The second-order valence-corrected chi connectivity index (χ2v) is 7.18. The smallest absolute Gasteiger partial charge is 0.127 e. The van der Waals surface area contributed by atoms with Gasteiger partial charge in [-0.25, -0.2) is 4.39 Å². The van der Waals surface area contributed by atoms with Crippen molar-refractivity contribution in [3.05, 3.63) is 35.6 Å². The summed E-state index contributed by atoms with van der Waals surface area (Å²) >= 11 is 0. The first-order valence-electron chi connectivity index (χ1n) is 8.63. The maximum atomic E-state index is 13.2. The third-order valence-corrected chi connectivity index (χ3v) is 5.46. The Morgan fingerprint density at radius 2 is 1.95 bits per heavy atom. The number of hydrogen-bond donors (Lipinski definition) is 2. The first kappa shape index (κ1) is 15.0. The number of rotatable bonds is 3. The number of nitrogens with one attached hydrogen (secondary N) is 2. The molecule has 1 saturated carbocycles. The Morgan fingerprint density at radius 3 is 2.67 bits per heavy atom. The lowest BCUT2D eigenvalue weighted by atomic mass is 9.86. The van der Waals surface area contributed by atoms with E-state index in [4.69, 9.17) is 0 Å². The molecule has 0 radical (unpaired) electrons. The van der Waals surface area contributed by atoms with E-state index in [1.807, 2.05) is 11.0 Å². The Kier molecular flexibility index (Phi) is 4.91. The summed E-state index contributed by atoms with van der Waals surface area (Å²) in [6.07, 6.45) is 5.71. The maximum Gasteiger partial charge on any atom is 0.127 e. The Morgan fingerprint density at radius 1 is 1.14 bits per heavy atom. The van der Waals surface area contributed by atoms with Gasteiger partial charge in [0, 0.05) is 12.0 Å². The molecule has 1 saturated heterocycles. The summed E-state index contributed by atoms with van der Waals surface area (Å²) < 4.78 is 13.2. The Bertz CT molecular complexity index is 454. The largest absolute Gasteiger partial charge is 0.323 e. The van der Waals surface area contributed by atoms with Crippen LogP contribution >= 0.6 is 0 Å². The molecule has 116 valence electrons. The summed E-state index contributed by atoms with van der Waals surface area (Å²) in [5, 5.41) is 0. The van der Waals surface area contributed by atoms with Crippen molar-refractivity contribution in [2.24, 2.45) is 5.92 Å². The fraction of sp³-hybridized carbons (Fsp3) is 0.667. The molecule has 21 heavy (non-hydrogen) atoms. The lowest BCUT2D eigenvalue weighted by Gasteiger charge is -2.37. The van der Waals surface area contributed by atoms with Crippen molar-refractivity contribution in [2.45, 2.75) is 45.2 Å². The lowest BCUT2D eigenvalue weighted by molar-refractivity contribution is -1.03. The van der Waals surface area contributed by atoms with Gasteiger partial charge in [-0.15, -0.1) is 0 Å². The molecule has 0 spiro atoms. The van der Waals surface area contributed by atoms with Crippen molar-refractivity contribution in [3.8, 4) is 0 Å². The highest BCUT2D eigenvalue weighted by Gasteiger charge is 2.32. The summed E-state index contributed by atoms with van der Waals surface area (Å²) in [4.78, 5) is 3.46. The van der Waals surface area contributed by atoms with Gasteiger partial charge in [-0.1, -0.05) is 25.5 Å². The second kappa shape index (κ2) is 6.89. The van der Waals surface area contributed by atoms with Crippen molar-refractivity contribution in [2.75, 3.05) is 26.2 Å². The van der Waals surface area contributed by atoms with Gasteiger partial charge in [-0.2, -0.15) is 0 Å². The fourth-order valence-electron chi connectivity index (χ4n) is 4.25. The van der Waals surface area contributed by atoms with E-state index in [9.17, 15) is 4.39 Å². The van der Waals surface area contributed by atoms with Crippen LogP contribution in [0.1, 0.15) is 38.2 Å². The van der Waals surface area contributed by atoms with Crippen LogP contribution in [0.25, 0.3) is 0 Å². The van der Waals surface area contributed by atoms with Gasteiger partial charge in [0.15, 0.2) is 0 Å². The van der Waals surface area contributed by atoms with Gasteiger partial charge in [0.05, 0.1) is 6.04 Å². The summed E-state index contributed by atoms with van der Waals surface area (Å²) in [6, 6.07) is 8.01. The SMILES string of the molecule is C[C@H]1CCC[C@@H]([NH+]2CC[NH+](Cc3cccc(F)c3)CC2)C1. The summed E-state index contributed by atoms with van der Waals surface area (Å²) in [6.45, 7) is 8.45. The molecule has 2 atom stereocenters. The molecule has 3 rings (SSSR count). The van der Waals surface area contributed by atoms with Crippen LogP contribution in [0.5, 0.6) is 0 Å². The number of quaternary nitrogens is 2. The van der Waals surface area contributed by atoms with Crippen molar-refractivity contribution >= 4 is 0 Å². The second-order valence-electron chi connectivity index (χ2n) is 7.18. The van der Waals surface area contributed by atoms with Gasteiger partial charge in [0.1, 0.15) is 38.5 Å². The first-order chi connectivity index (χ1) is 10.2. The predicted molar refractivity (Wildman–Crippen MR) is 82.9 cm³/mol. The standard InChI is InChI=1S/C18H27FN2/c1-15-4-2-7-18(12-15)21-10-8-20(9-11-21)14-16-5-3-6-17(19)13-16/h3,5-6,13,15,18H,2,4,7-12,14H2,1H3/p+2/t15-,18+/m0/s1. The number of piperazine rings is 1. The number of benzene rings is 1. The zero-order valence-electron chi connectivity index (χ0n) is 13.2. The highest BCUT2D eigenvalue weighted by atomic mass is 19.1. The van der Waals surface area contributed by atoms with Crippen LogP contribution in [-0.4, -0.2) is 32.2 Å². The zero-order valence-corrected chi connectivity index (χ0v) is 13.2. The van der Waals surface area contributed by atoms with Crippen LogP contribution in [0.3, 0.4) is 0 Å². The zero-order chi connectivity index (χ0) is 14.7. The molecule has 0 aromatic heterocycles. The molecule has 3 heteroatoms. The summed E-state index contributed by atoms with van der Waals surface area (Å²) in [7, 11) is 0. The molecule has 1 heterocycles. The Balaban J connectivity index is 1.48. The third kappa shape index (κ3) is 4.04. The van der Waals surface area contributed by atoms with E-state index >= 15 is 0 Å². The van der Waals surface area contributed by atoms with Gasteiger partial charge < -0.3 is 9.80 Å². The molecule has 2 aliphatic rings. The van der Waals surface area contributed by atoms with E-state index in [0.717, 1.165) is 24.1 Å². The van der Waals surface area contributed by atoms with E-state index < -0.39 is 0 Å². The maximum absolute atomic E-state index is 13.2. The fourth-order valence-corrected chi connectivity index (χ4v) is 4.25. The van der Waals surface area contributed by atoms with E-state index in [2.05, 4.69) is 13.0 Å². The van der Waals surface area contributed by atoms with Gasteiger partial charge >= 0.3 is 0 Å².